The molecule has 2 rings (SSSR count). The fraction of sp³-hybridized carbons (Fsp3) is 0.286. The Hall–Kier alpha value is -2.50. The number of nitrogens with two attached hydrogens (primary N) is 2. The molecule has 0 aliphatic rings. The van der Waals surface area contributed by atoms with Crippen molar-refractivity contribution in [1.82, 2.24) is 9.78 Å². The summed E-state index contributed by atoms with van der Waals surface area (Å²) in [4.78, 5) is 11.4. The van der Waals surface area contributed by atoms with Gasteiger partial charge in [0.05, 0.1) is 11.3 Å². The van der Waals surface area contributed by atoms with Crippen LogP contribution in [0.1, 0.15) is 28.5 Å². The first-order valence-corrected chi connectivity index (χ1v) is 6.45. The minimum atomic E-state index is -0.477. The molecule has 1 heterocycles. The molecule has 0 fully saturated rings. The molecule has 0 aliphatic carbocycles. The molecule has 6 nitrogen and oxygen atoms in total. The molecule has 1 aromatic carbocycles. The zero-order valence-electron chi connectivity index (χ0n) is 11.7. The van der Waals surface area contributed by atoms with Crippen LogP contribution in [0.4, 0.5) is 11.4 Å². The van der Waals surface area contributed by atoms with E-state index in [0.717, 1.165) is 17.7 Å². The number of nitrogens with zero attached hydrogens (tertiary/aromatic N) is 2. The first-order chi connectivity index (χ1) is 9.51. The Morgan fingerprint density at radius 2 is 2.20 bits per heavy atom. The van der Waals surface area contributed by atoms with Crippen molar-refractivity contribution in [3.05, 3.63) is 41.2 Å². The van der Waals surface area contributed by atoms with E-state index < -0.39 is 5.91 Å². The van der Waals surface area contributed by atoms with Crippen molar-refractivity contribution in [3.63, 3.8) is 0 Å². The van der Waals surface area contributed by atoms with E-state index in [4.69, 9.17) is 11.5 Å². The summed E-state index contributed by atoms with van der Waals surface area (Å²) in [5.41, 5.74) is 14.9. The Bertz CT molecular complexity index is 632. The maximum atomic E-state index is 11.4. The molecule has 5 N–H and O–H groups in total. The van der Waals surface area contributed by atoms with Gasteiger partial charge in [0.15, 0.2) is 0 Å². The summed E-state index contributed by atoms with van der Waals surface area (Å²) in [7, 11) is 1.89. The molecule has 0 saturated heterocycles. The van der Waals surface area contributed by atoms with Gasteiger partial charge in [0.25, 0.3) is 5.91 Å². The van der Waals surface area contributed by atoms with Crippen molar-refractivity contribution >= 4 is 17.3 Å². The minimum absolute atomic E-state index is 0.432. The van der Waals surface area contributed by atoms with Gasteiger partial charge >= 0.3 is 0 Å². The van der Waals surface area contributed by atoms with Crippen LogP contribution in [0.15, 0.2) is 24.4 Å². The Kier molecular flexibility index (Phi) is 3.93. The molecule has 6 heteroatoms. The molecule has 20 heavy (non-hydrogen) atoms. The number of nitrogens with one attached hydrogen (secondary N) is 1. The highest BCUT2D eigenvalue weighted by molar-refractivity contribution is 5.99. The third kappa shape index (κ3) is 2.90. The topological polar surface area (TPSA) is 99.0 Å². The summed E-state index contributed by atoms with van der Waals surface area (Å²) in [5.74, 6) is -0.477. The normalized spacial score (nSPS) is 10.5. The van der Waals surface area contributed by atoms with Crippen LogP contribution < -0.4 is 16.8 Å². The van der Waals surface area contributed by atoms with E-state index >= 15 is 0 Å². The van der Waals surface area contributed by atoms with Gasteiger partial charge in [-0.3, -0.25) is 9.48 Å². The van der Waals surface area contributed by atoms with Crippen LogP contribution in [0.25, 0.3) is 0 Å². The maximum absolute atomic E-state index is 11.4. The van der Waals surface area contributed by atoms with Crippen LogP contribution in [0.2, 0.25) is 0 Å². The summed E-state index contributed by atoms with van der Waals surface area (Å²) < 4.78 is 1.78. The number of benzene rings is 1. The lowest BCUT2D eigenvalue weighted by Gasteiger charge is -2.10. The molecule has 0 radical (unpaired) electrons. The molecule has 0 unspecified atom stereocenters. The van der Waals surface area contributed by atoms with Crippen LogP contribution in [-0.4, -0.2) is 15.7 Å². The number of anilines is 2. The number of aromatic nitrogens is 2. The highest BCUT2D eigenvalue weighted by atomic mass is 16.1. The third-order valence-corrected chi connectivity index (χ3v) is 3.11. The average molecular weight is 273 g/mol. The first-order valence-electron chi connectivity index (χ1n) is 6.45. The SMILES string of the molecule is CCc1nn(C)cc1CNc1cc(N)ccc1C(N)=O. The monoisotopic (exact) mass is 273 g/mol. The van der Waals surface area contributed by atoms with Gasteiger partial charge in [0, 0.05) is 36.7 Å². The van der Waals surface area contributed by atoms with Crippen molar-refractivity contribution in [2.45, 2.75) is 19.9 Å². The Morgan fingerprint density at radius 3 is 2.85 bits per heavy atom. The number of rotatable bonds is 5. The van der Waals surface area contributed by atoms with E-state index in [1.54, 1.807) is 22.9 Å². The molecule has 0 spiro atoms. The minimum Gasteiger partial charge on any atom is -0.399 e. The van der Waals surface area contributed by atoms with Gasteiger partial charge in [-0.2, -0.15) is 5.10 Å². The van der Waals surface area contributed by atoms with Gasteiger partial charge < -0.3 is 16.8 Å². The summed E-state index contributed by atoms with van der Waals surface area (Å²) in [6.45, 7) is 2.63. The number of aryl methyl sites for hydroxylation is 2. The van der Waals surface area contributed by atoms with Crippen molar-refractivity contribution in [2.75, 3.05) is 11.1 Å². The van der Waals surface area contributed by atoms with E-state index in [-0.39, 0.29) is 0 Å². The average Bonchev–Trinajstić information content (AvgIpc) is 2.76. The molecule has 0 bridgehead atoms. The summed E-state index contributed by atoms with van der Waals surface area (Å²) in [5, 5.41) is 7.58. The van der Waals surface area contributed by atoms with Gasteiger partial charge in [-0.15, -0.1) is 0 Å². The lowest BCUT2D eigenvalue weighted by molar-refractivity contribution is 0.100. The highest BCUT2D eigenvalue weighted by Crippen LogP contribution is 2.20. The fourth-order valence-corrected chi connectivity index (χ4v) is 2.14. The second kappa shape index (κ2) is 5.64. The largest absolute Gasteiger partial charge is 0.399 e. The zero-order chi connectivity index (χ0) is 14.7. The fourth-order valence-electron chi connectivity index (χ4n) is 2.14. The number of nitrogen functional groups attached to an aromatic ring is 1. The van der Waals surface area contributed by atoms with Crippen LogP contribution in [-0.2, 0) is 20.0 Å². The Morgan fingerprint density at radius 1 is 1.45 bits per heavy atom. The lowest BCUT2D eigenvalue weighted by Crippen LogP contribution is -2.14. The van der Waals surface area contributed by atoms with E-state index in [9.17, 15) is 4.79 Å². The number of hydrogen-bond acceptors (Lipinski definition) is 4. The number of primary amides is 1. The summed E-state index contributed by atoms with van der Waals surface area (Å²) in [6, 6.07) is 5.00. The van der Waals surface area contributed by atoms with E-state index in [0.29, 0.717) is 23.5 Å². The molecule has 0 saturated carbocycles. The van der Waals surface area contributed by atoms with Crippen molar-refractivity contribution < 1.29 is 4.79 Å². The molecular formula is C14H19N5O. The number of carbonyl (C=O) groups excluding carboxylic acids is 1. The van der Waals surface area contributed by atoms with Gasteiger partial charge in [0.1, 0.15) is 0 Å². The third-order valence-electron chi connectivity index (χ3n) is 3.11. The molecule has 0 atom stereocenters. The number of hydrogen-bond donors (Lipinski definition) is 3. The molecule has 2 aromatic rings. The predicted molar refractivity (Wildman–Crippen MR) is 79.3 cm³/mol. The summed E-state index contributed by atoms with van der Waals surface area (Å²) in [6.07, 6.45) is 2.82. The van der Waals surface area contributed by atoms with Gasteiger partial charge in [-0.05, 0) is 24.6 Å². The van der Waals surface area contributed by atoms with Crippen LogP contribution in [0.5, 0.6) is 0 Å². The maximum Gasteiger partial charge on any atom is 0.250 e. The van der Waals surface area contributed by atoms with Crippen molar-refractivity contribution in [3.8, 4) is 0 Å². The highest BCUT2D eigenvalue weighted by Gasteiger charge is 2.10. The van der Waals surface area contributed by atoms with E-state index in [2.05, 4.69) is 17.3 Å². The van der Waals surface area contributed by atoms with Crippen LogP contribution >= 0.6 is 0 Å². The number of carbonyl (C=O) groups is 1. The van der Waals surface area contributed by atoms with E-state index in [1.807, 2.05) is 13.2 Å². The molecular weight excluding hydrogens is 254 g/mol. The molecule has 0 aliphatic heterocycles. The van der Waals surface area contributed by atoms with Crippen LogP contribution in [0.3, 0.4) is 0 Å². The van der Waals surface area contributed by atoms with E-state index in [1.165, 1.54) is 0 Å². The van der Waals surface area contributed by atoms with Gasteiger partial charge in [-0.1, -0.05) is 6.92 Å². The zero-order valence-corrected chi connectivity index (χ0v) is 11.7. The van der Waals surface area contributed by atoms with Crippen molar-refractivity contribution in [2.24, 2.45) is 12.8 Å². The van der Waals surface area contributed by atoms with Crippen molar-refractivity contribution in [1.29, 1.82) is 0 Å². The molecule has 1 aromatic heterocycles. The van der Waals surface area contributed by atoms with Gasteiger partial charge in [-0.25, -0.2) is 0 Å². The van der Waals surface area contributed by atoms with Crippen LogP contribution in [0, 0.1) is 0 Å². The molecule has 1 amide bonds. The molecule has 106 valence electrons. The lowest BCUT2D eigenvalue weighted by atomic mass is 10.1. The summed E-state index contributed by atoms with van der Waals surface area (Å²) >= 11 is 0. The predicted octanol–water partition coefficient (Wildman–Crippen LogP) is 1.28. The quantitative estimate of drug-likeness (QED) is 0.714. The Balaban J connectivity index is 2.22. The standard InChI is InChI=1S/C14H19N5O/c1-3-12-9(8-19(2)18-12)7-17-13-6-10(15)4-5-11(13)14(16)20/h4-6,8,17H,3,7,15H2,1-2H3,(H2,16,20). The number of amides is 1. The first kappa shape index (κ1) is 13.9. The second-order valence-corrected chi connectivity index (χ2v) is 4.65. The smallest absolute Gasteiger partial charge is 0.250 e. The second-order valence-electron chi connectivity index (χ2n) is 4.65. The van der Waals surface area contributed by atoms with Gasteiger partial charge in [0.2, 0.25) is 0 Å². The Labute approximate surface area is 117 Å².